The number of rotatable bonds is 3. The Morgan fingerprint density at radius 2 is 2.11 bits per heavy atom. The second-order valence-corrected chi connectivity index (χ2v) is 5.40. The van der Waals surface area contributed by atoms with Gasteiger partial charge in [-0.1, -0.05) is 0 Å². The Labute approximate surface area is 109 Å². The normalized spacial score (nSPS) is 15.7. The summed E-state index contributed by atoms with van der Waals surface area (Å²) in [5, 5.41) is 10.9. The molecule has 1 amide bonds. The van der Waals surface area contributed by atoms with E-state index in [0.717, 1.165) is 10.6 Å². The molecule has 0 radical (unpaired) electrons. The Kier molecular flexibility index (Phi) is 2.93. The molecule has 1 aliphatic rings. The molecule has 0 aliphatic carbocycles. The minimum absolute atomic E-state index is 0.0680. The summed E-state index contributed by atoms with van der Waals surface area (Å²) in [6.45, 7) is 1.50. The van der Waals surface area contributed by atoms with E-state index in [2.05, 4.69) is 0 Å². The number of carbonyl (C=O) groups is 1. The Morgan fingerprint density at radius 1 is 1.39 bits per heavy atom. The lowest BCUT2D eigenvalue weighted by Crippen LogP contribution is -2.51. The van der Waals surface area contributed by atoms with Gasteiger partial charge in [-0.25, -0.2) is 0 Å². The van der Waals surface area contributed by atoms with Gasteiger partial charge in [0, 0.05) is 38.0 Å². The zero-order chi connectivity index (χ0) is 12.5. The number of nitrogens with zero attached hydrogens (tertiary/aromatic N) is 2. The van der Waals surface area contributed by atoms with Gasteiger partial charge in [0.25, 0.3) is 5.91 Å². The second kappa shape index (κ2) is 4.59. The van der Waals surface area contributed by atoms with Crippen LogP contribution in [0.3, 0.4) is 0 Å². The summed E-state index contributed by atoms with van der Waals surface area (Å²) in [5.41, 5.74) is 0.933. The first-order valence-corrected chi connectivity index (χ1v) is 6.78. The van der Waals surface area contributed by atoms with Gasteiger partial charge in [0.15, 0.2) is 0 Å². The van der Waals surface area contributed by atoms with Gasteiger partial charge in [0.2, 0.25) is 0 Å². The summed E-state index contributed by atoms with van der Waals surface area (Å²) < 4.78 is 1.95. The predicted octanol–water partition coefficient (Wildman–Crippen LogP) is 1.60. The third-order valence-electron chi connectivity index (χ3n) is 3.22. The molecule has 5 heteroatoms. The number of aromatic nitrogens is 1. The Hall–Kier alpha value is -1.59. The summed E-state index contributed by atoms with van der Waals surface area (Å²) in [6.07, 6.45) is 3.87. The molecule has 94 valence electrons. The molecule has 0 spiro atoms. The molecule has 0 aromatic carbocycles. The van der Waals surface area contributed by atoms with Crippen LogP contribution in [0.25, 0.3) is 5.69 Å². The Morgan fingerprint density at radius 3 is 2.78 bits per heavy atom. The maximum Gasteiger partial charge on any atom is 0.266 e. The third kappa shape index (κ3) is 1.85. The Balaban J connectivity index is 1.81. The maximum absolute atomic E-state index is 12.3. The number of thiophene rings is 1. The highest BCUT2D eigenvalue weighted by atomic mass is 32.1. The number of aliphatic hydroxyl groups is 1. The summed E-state index contributed by atoms with van der Waals surface area (Å²) in [7, 11) is 0. The molecule has 0 atom stereocenters. The molecule has 3 rings (SSSR count). The summed E-state index contributed by atoms with van der Waals surface area (Å²) >= 11 is 1.47. The number of aliphatic hydroxyl groups excluding tert-OH is 1. The molecule has 2 aromatic rings. The number of hydrogen-bond acceptors (Lipinski definition) is 3. The lowest BCUT2D eigenvalue weighted by molar-refractivity contribution is 0.0366. The quantitative estimate of drug-likeness (QED) is 0.913. The average Bonchev–Trinajstić information content (AvgIpc) is 2.98. The van der Waals surface area contributed by atoms with Crippen LogP contribution in [-0.2, 0) is 0 Å². The molecule has 4 nitrogen and oxygen atoms in total. The standard InChI is InChI=1S/C13H14N2O2S/c16-9-10-7-15(8-10)13(17)12-11(3-6-18-12)14-4-1-2-5-14/h1-6,10,16H,7-9H2. The molecule has 2 aromatic heterocycles. The van der Waals surface area contributed by atoms with E-state index in [1.165, 1.54) is 11.3 Å². The molecule has 0 unspecified atom stereocenters. The Bertz CT molecular complexity index is 541. The van der Waals surface area contributed by atoms with Crippen LogP contribution in [0.2, 0.25) is 0 Å². The number of amides is 1. The van der Waals surface area contributed by atoms with Crippen molar-refractivity contribution in [3.8, 4) is 5.69 Å². The van der Waals surface area contributed by atoms with E-state index in [4.69, 9.17) is 5.11 Å². The van der Waals surface area contributed by atoms with Crippen LogP contribution in [0.15, 0.2) is 36.0 Å². The van der Waals surface area contributed by atoms with Crippen molar-refractivity contribution in [1.82, 2.24) is 9.47 Å². The number of likely N-dealkylation sites (tertiary alicyclic amines) is 1. The van der Waals surface area contributed by atoms with Gasteiger partial charge >= 0.3 is 0 Å². The molecular formula is C13H14N2O2S. The van der Waals surface area contributed by atoms with E-state index in [1.807, 2.05) is 40.5 Å². The molecule has 0 saturated carbocycles. The first-order chi connectivity index (χ1) is 8.79. The molecule has 18 heavy (non-hydrogen) atoms. The summed E-state index contributed by atoms with van der Waals surface area (Å²) in [4.78, 5) is 14.9. The van der Waals surface area contributed by atoms with Crippen molar-refractivity contribution in [3.63, 3.8) is 0 Å². The largest absolute Gasteiger partial charge is 0.396 e. The van der Waals surface area contributed by atoms with Crippen LogP contribution in [0.1, 0.15) is 9.67 Å². The van der Waals surface area contributed by atoms with E-state index in [9.17, 15) is 4.79 Å². The van der Waals surface area contributed by atoms with Crippen LogP contribution >= 0.6 is 11.3 Å². The highest BCUT2D eigenvalue weighted by molar-refractivity contribution is 7.12. The van der Waals surface area contributed by atoms with Gasteiger partial charge in [0.05, 0.1) is 5.69 Å². The first-order valence-electron chi connectivity index (χ1n) is 5.90. The molecule has 1 aliphatic heterocycles. The molecule has 0 bridgehead atoms. The second-order valence-electron chi connectivity index (χ2n) is 4.48. The van der Waals surface area contributed by atoms with Gasteiger partial charge in [0.1, 0.15) is 4.88 Å². The zero-order valence-electron chi connectivity index (χ0n) is 9.82. The average molecular weight is 262 g/mol. The molecule has 3 heterocycles. The first kappa shape index (κ1) is 11.5. The van der Waals surface area contributed by atoms with Gasteiger partial charge < -0.3 is 14.6 Å². The fraction of sp³-hybridized carbons (Fsp3) is 0.308. The summed E-state index contributed by atoms with van der Waals surface area (Å²) in [6, 6.07) is 5.84. The van der Waals surface area contributed by atoms with Gasteiger partial charge in [-0.2, -0.15) is 0 Å². The van der Waals surface area contributed by atoms with Crippen molar-refractivity contribution < 1.29 is 9.90 Å². The van der Waals surface area contributed by atoms with E-state index in [1.54, 1.807) is 4.90 Å². The fourth-order valence-electron chi connectivity index (χ4n) is 2.16. The lowest BCUT2D eigenvalue weighted by atomic mass is 10.0. The van der Waals surface area contributed by atoms with Crippen LogP contribution in [0, 0.1) is 5.92 Å². The van der Waals surface area contributed by atoms with Crippen molar-refractivity contribution >= 4 is 17.2 Å². The van der Waals surface area contributed by atoms with E-state index >= 15 is 0 Å². The third-order valence-corrected chi connectivity index (χ3v) is 4.12. The van der Waals surface area contributed by atoms with Gasteiger partial charge in [-0.3, -0.25) is 4.79 Å². The maximum atomic E-state index is 12.3. The smallest absolute Gasteiger partial charge is 0.266 e. The number of carbonyl (C=O) groups excluding carboxylic acids is 1. The van der Waals surface area contributed by atoms with E-state index in [-0.39, 0.29) is 18.4 Å². The van der Waals surface area contributed by atoms with Crippen LogP contribution < -0.4 is 0 Å². The molecule has 1 saturated heterocycles. The summed E-state index contributed by atoms with van der Waals surface area (Å²) in [5.74, 6) is 0.322. The fourth-order valence-corrected chi connectivity index (χ4v) is 3.01. The minimum atomic E-state index is 0.0680. The number of hydrogen-bond donors (Lipinski definition) is 1. The monoisotopic (exact) mass is 262 g/mol. The van der Waals surface area contributed by atoms with Crippen molar-refractivity contribution in [2.24, 2.45) is 5.92 Å². The molecule has 1 N–H and O–H groups in total. The molecule has 1 fully saturated rings. The van der Waals surface area contributed by atoms with Gasteiger partial charge in [-0.05, 0) is 23.6 Å². The van der Waals surface area contributed by atoms with Gasteiger partial charge in [-0.15, -0.1) is 11.3 Å². The lowest BCUT2D eigenvalue weighted by Gasteiger charge is -2.38. The van der Waals surface area contributed by atoms with Crippen molar-refractivity contribution in [3.05, 3.63) is 40.8 Å². The highest BCUT2D eigenvalue weighted by Crippen LogP contribution is 2.26. The van der Waals surface area contributed by atoms with Crippen molar-refractivity contribution in [2.75, 3.05) is 19.7 Å². The van der Waals surface area contributed by atoms with E-state index < -0.39 is 0 Å². The topological polar surface area (TPSA) is 45.5 Å². The van der Waals surface area contributed by atoms with Crippen LogP contribution in [-0.4, -0.2) is 40.2 Å². The van der Waals surface area contributed by atoms with E-state index in [0.29, 0.717) is 13.1 Å². The molecular weight excluding hydrogens is 248 g/mol. The van der Waals surface area contributed by atoms with Crippen LogP contribution in [0.4, 0.5) is 0 Å². The van der Waals surface area contributed by atoms with Crippen molar-refractivity contribution in [2.45, 2.75) is 0 Å². The predicted molar refractivity (Wildman–Crippen MR) is 70.1 cm³/mol. The minimum Gasteiger partial charge on any atom is -0.396 e. The SMILES string of the molecule is O=C(c1sccc1-n1cccc1)N1CC(CO)C1. The highest BCUT2D eigenvalue weighted by Gasteiger charge is 2.32. The van der Waals surface area contributed by atoms with Crippen LogP contribution in [0.5, 0.6) is 0 Å². The van der Waals surface area contributed by atoms with Crippen molar-refractivity contribution in [1.29, 1.82) is 0 Å². The zero-order valence-corrected chi connectivity index (χ0v) is 10.6.